The first kappa shape index (κ1) is 12.8. The molecule has 2 unspecified atom stereocenters. The highest BCUT2D eigenvalue weighted by Gasteiger charge is 2.31. The van der Waals surface area contributed by atoms with Crippen LogP contribution >= 0.6 is 0 Å². The van der Waals surface area contributed by atoms with Gasteiger partial charge in [-0.2, -0.15) is 0 Å². The number of ether oxygens (including phenoxy) is 1. The molecule has 2 fully saturated rings. The van der Waals surface area contributed by atoms with Crippen LogP contribution in [-0.2, 0) is 9.53 Å². The van der Waals surface area contributed by atoms with E-state index in [9.17, 15) is 4.79 Å². The molecular weight excluding hydrogens is 216 g/mol. The van der Waals surface area contributed by atoms with Gasteiger partial charge >= 0.3 is 0 Å². The van der Waals surface area contributed by atoms with Crippen LogP contribution in [-0.4, -0.2) is 42.6 Å². The Morgan fingerprint density at radius 1 is 1.41 bits per heavy atom. The van der Waals surface area contributed by atoms with Gasteiger partial charge in [-0.05, 0) is 38.6 Å². The van der Waals surface area contributed by atoms with E-state index in [1.807, 2.05) is 4.90 Å². The molecule has 0 aromatic heterocycles. The van der Waals surface area contributed by atoms with Gasteiger partial charge in [0.1, 0.15) is 6.61 Å². The number of carbonyl (C=O) groups excluding carboxylic acids is 1. The molecule has 4 heteroatoms. The lowest BCUT2D eigenvalue weighted by atomic mass is 10.1. The molecule has 1 saturated heterocycles. The van der Waals surface area contributed by atoms with Gasteiger partial charge in [-0.25, -0.2) is 0 Å². The SMILES string of the molecule is CC1CC(CN)CN1C(=O)COC1CCCC1. The van der Waals surface area contributed by atoms with Crippen molar-refractivity contribution < 1.29 is 9.53 Å². The largest absolute Gasteiger partial charge is 0.368 e. The molecule has 1 amide bonds. The summed E-state index contributed by atoms with van der Waals surface area (Å²) in [6, 6.07) is 0.322. The van der Waals surface area contributed by atoms with Gasteiger partial charge in [0.25, 0.3) is 0 Å². The lowest BCUT2D eigenvalue weighted by Crippen LogP contribution is -2.37. The molecule has 1 aliphatic heterocycles. The summed E-state index contributed by atoms with van der Waals surface area (Å²) in [5.74, 6) is 0.612. The first-order valence-corrected chi connectivity index (χ1v) is 6.82. The van der Waals surface area contributed by atoms with E-state index < -0.39 is 0 Å². The van der Waals surface area contributed by atoms with Gasteiger partial charge < -0.3 is 15.4 Å². The average Bonchev–Trinajstić information content (AvgIpc) is 2.94. The normalized spacial score (nSPS) is 30.1. The Balaban J connectivity index is 1.75. The minimum atomic E-state index is 0.139. The van der Waals surface area contributed by atoms with E-state index >= 15 is 0 Å². The van der Waals surface area contributed by atoms with Gasteiger partial charge in [0.05, 0.1) is 6.10 Å². The minimum Gasteiger partial charge on any atom is -0.368 e. The van der Waals surface area contributed by atoms with Crippen LogP contribution in [0, 0.1) is 5.92 Å². The second kappa shape index (κ2) is 5.83. The van der Waals surface area contributed by atoms with Gasteiger partial charge in [-0.1, -0.05) is 12.8 Å². The third kappa shape index (κ3) is 3.19. The molecule has 2 N–H and O–H groups in total. The zero-order valence-corrected chi connectivity index (χ0v) is 10.7. The topological polar surface area (TPSA) is 55.6 Å². The van der Waals surface area contributed by atoms with Crippen LogP contribution in [0.15, 0.2) is 0 Å². The van der Waals surface area contributed by atoms with Crippen molar-refractivity contribution in [2.75, 3.05) is 19.7 Å². The highest BCUT2D eigenvalue weighted by atomic mass is 16.5. The number of hydrogen-bond donors (Lipinski definition) is 1. The minimum absolute atomic E-state index is 0.139. The van der Waals surface area contributed by atoms with Gasteiger partial charge in [0.2, 0.25) is 5.91 Å². The molecule has 1 aliphatic carbocycles. The molecule has 0 aromatic carbocycles. The van der Waals surface area contributed by atoms with E-state index in [1.54, 1.807) is 0 Å². The standard InChI is InChI=1S/C13H24N2O2/c1-10-6-11(7-14)8-15(10)13(16)9-17-12-4-2-3-5-12/h10-12H,2-9,14H2,1H3. The molecule has 0 bridgehead atoms. The summed E-state index contributed by atoms with van der Waals surface area (Å²) < 4.78 is 5.67. The van der Waals surface area contributed by atoms with Crippen molar-refractivity contribution in [2.24, 2.45) is 11.7 Å². The van der Waals surface area contributed by atoms with Crippen LogP contribution in [0.2, 0.25) is 0 Å². The molecule has 0 spiro atoms. The molecular formula is C13H24N2O2. The summed E-state index contributed by atoms with van der Waals surface area (Å²) >= 11 is 0. The predicted octanol–water partition coefficient (Wildman–Crippen LogP) is 1.14. The molecule has 98 valence electrons. The van der Waals surface area contributed by atoms with Crippen LogP contribution in [0.25, 0.3) is 0 Å². The highest BCUT2D eigenvalue weighted by molar-refractivity contribution is 5.78. The number of amides is 1. The summed E-state index contributed by atoms with van der Waals surface area (Å²) in [6.45, 7) is 3.84. The van der Waals surface area contributed by atoms with Gasteiger partial charge in [-0.15, -0.1) is 0 Å². The molecule has 0 radical (unpaired) electrons. The monoisotopic (exact) mass is 240 g/mol. The second-order valence-corrected chi connectivity index (χ2v) is 5.45. The summed E-state index contributed by atoms with van der Waals surface area (Å²) in [5, 5.41) is 0. The van der Waals surface area contributed by atoms with Crippen molar-refractivity contribution in [1.82, 2.24) is 4.90 Å². The molecule has 1 heterocycles. The van der Waals surface area contributed by atoms with E-state index in [0.717, 1.165) is 25.8 Å². The van der Waals surface area contributed by atoms with Gasteiger partial charge in [-0.3, -0.25) is 4.79 Å². The van der Waals surface area contributed by atoms with E-state index in [-0.39, 0.29) is 12.5 Å². The molecule has 2 atom stereocenters. The zero-order valence-electron chi connectivity index (χ0n) is 10.7. The Hall–Kier alpha value is -0.610. The summed E-state index contributed by atoms with van der Waals surface area (Å²) in [4.78, 5) is 14.0. The molecule has 17 heavy (non-hydrogen) atoms. The maximum atomic E-state index is 12.0. The zero-order chi connectivity index (χ0) is 12.3. The summed E-state index contributed by atoms with van der Waals surface area (Å²) in [5.41, 5.74) is 5.66. The highest BCUT2D eigenvalue weighted by Crippen LogP contribution is 2.24. The number of rotatable bonds is 4. The number of nitrogens with zero attached hydrogens (tertiary/aromatic N) is 1. The molecule has 1 saturated carbocycles. The van der Waals surface area contributed by atoms with Crippen LogP contribution < -0.4 is 5.73 Å². The third-order valence-electron chi connectivity index (χ3n) is 4.06. The van der Waals surface area contributed by atoms with E-state index in [1.165, 1.54) is 12.8 Å². The number of hydrogen-bond acceptors (Lipinski definition) is 3. The van der Waals surface area contributed by atoms with Crippen molar-refractivity contribution in [3.05, 3.63) is 0 Å². The van der Waals surface area contributed by atoms with Crippen molar-refractivity contribution in [2.45, 2.75) is 51.2 Å². The Morgan fingerprint density at radius 2 is 2.12 bits per heavy atom. The fourth-order valence-corrected chi connectivity index (χ4v) is 2.99. The second-order valence-electron chi connectivity index (χ2n) is 5.45. The fourth-order valence-electron chi connectivity index (χ4n) is 2.99. The number of nitrogens with two attached hydrogens (primary N) is 1. The molecule has 0 aromatic rings. The first-order valence-electron chi connectivity index (χ1n) is 6.82. The van der Waals surface area contributed by atoms with E-state index in [0.29, 0.717) is 24.6 Å². The number of likely N-dealkylation sites (tertiary alicyclic amines) is 1. The average molecular weight is 240 g/mol. The lowest BCUT2D eigenvalue weighted by molar-refractivity contribution is -0.138. The predicted molar refractivity (Wildman–Crippen MR) is 66.5 cm³/mol. The maximum absolute atomic E-state index is 12.0. The third-order valence-corrected chi connectivity index (χ3v) is 4.06. The van der Waals surface area contributed by atoms with Crippen LogP contribution in [0.4, 0.5) is 0 Å². The molecule has 4 nitrogen and oxygen atoms in total. The Kier molecular flexibility index (Phi) is 4.40. The molecule has 2 aliphatic rings. The fraction of sp³-hybridized carbons (Fsp3) is 0.923. The van der Waals surface area contributed by atoms with E-state index in [4.69, 9.17) is 10.5 Å². The Labute approximate surface area is 103 Å². The van der Waals surface area contributed by atoms with Crippen LogP contribution in [0.5, 0.6) is 0 Å². The van der Waals surface area contributed by atoms with Crippen LogP contribution in [0.1, 0.15) is 39.0 Å². The molecule has 2 rings (SSSR count). The van der Waals surface area contributed by atoms with Gasteiger partial charge in [0.15, 0.2) is 0 Å². The van der Waals surface area contributed by atoms with Crippen LogP contribution in [0.3, 0.4) is 0 Å². The number of carbonyl (C=O) groups is 1. The first-order chi connectivity index (χ1) is 8.20. The Morgan fingerprint density at radius 3 is 2.71 bits per heavy atom. The Bertz CT molecular complexity index is 264. The van der Waals surface area contributed by atoms with Crippen molar-refractivity contribution in [3.63, 3.8) is 0 Å². The quantitative estimate of drug-likeness (QED) is 0.801. The van der Waals surface area contributed by atoms with Crippen molar-refractivity contribution >= 4 is 5.91 Å². The smallest absolute Gasteiger partial charge is 0.248 e. The van der Waals surface area contributed by atoms with Gasteiger partial charge in [0, 0.05) is 12.6 Å². The summed E-state index contributed by atoms with van der Waals surface area (Å²) in [7, 11) is 0. The van der Waals surface area contributed by atoms with E-state index in [2.05, 4.69) is 6.92 Å². The maximum Gasteiger partial charge on any atom is 0.248 e. The van der Waals surface area contributed by atoms with Crippen molar-refractivity contribution in [1.29, 1.82) is 0 Å². The lowest BCUT2D eigenvalue weighted by Gasteiger charge is -2.22. The van der Waals surface area contributed by atoms with Crippen molar-refractivity contribution in [3.8, 4) is 0 Å². The summed E-state index contributed by atoms with van der Waals surface area (Å²) in [6.07, 6.45) is 6.08.